The van der Waals surface area contributed by atoms with Crippen molar-refractivity contribution in [3.05, 3.63) is 28.8 Å². The van der Waals surface area contributed by atoms with Crippen molar-refractivity contribution >= 4 is 23.3 Å². The van der Waals surface area contributed by atoms with Crippen LogP contribution < -0.4 is 4.90 Å². The molecule has 1 aliphatic rings. The van der Waals surface area contributed by atoms with Gasteiger partial charge >= 0.3 is 5.97 Å². The third-order valence-electron chi connectivity index (χ3n) is 3.20. The molecule has 1 N–H and O–H groups in total. The van der Waals surface area contributed by atoms with Crippen molar-refractivity contribution in [2.24, 2.45) is 5.92 Å². The summed E-state index contributed by atoms with van der Waals surface area (Å²) in [6, 6.07) is 5.08. The quantitative estimate of drug-likeness (QED) is 0.855. The van der Waals surface area contributed by atoms with Gasteiger partial charge in [0, 0.05) is 13.1 Å². The number of rotatable bonds is 6. The van der Waals surface area contributed by atoms with E-state index in [9.17, 15) is 9.90 Å². The average molecular weight is 268 g/mol. The number of carboxylic acid groups (broad SMARTS) is 1. The Labute approximate surface area is 112 Å². The maximum absolute atomic E-state index is 11.3. The molecule has 1 aromatic rings. The zero-order valence-corrected chi connectivity index (χ0v) is 11.3. The van der Waals surface area contributed by atoms with Crippen LogP contribution in [-0.2, 0) is 0 Å². The summed E-state index contributed by atoms with van der Waals surface area (Å²) in [5.74, 6) is -0.209. The SMILES string of the molecule is CCCN(CC1CC1)c1c(Cl)cccc1C(=O)O. The summed E-state index contributed by atoms with van der Waals surface area (Å²) in [6.45, 7) is 3.86. The van der Waals surface area contributed by atoms with Crippen LogP contribution in [0.25, 0.3) is 0 Å². The van der Waals surface area contributed by atoms with Gasteiger partial charge in [0.2, 0.25) is 0 Å². The first-order chi connectivity index (χ1) is 8.63. The lowest BCUT2D eigenvalue weighted by Crippen LogP contribution is -2.28. The molecule has 0 radical (unpaired) electrons. The van der Waals surface area contributed by atoms with Crippen LogP contribution in [0.3, 0.4) is 0 Å². The summed E-state index contributed by atoms with van der Waals surface area (Å²) in [4.78, 5) is 13.4. The summed E-state index contributed by atoms with van der Waals surface area (Å²) in [6.07, 6.45) is 3.47. The monoisotopic (exact) mass is 267 g/mol. The number of nitrogens with zero attached hydrogens (tertiary/aromatic N) is 1. The summed E-state index contributed by atoms with van der Waals surface area (Å²) >= 11 is 6.20. The molecular formula is C14H18ClNO2. The molecule has 0 spiro atoms. The number of para-hydroxylation sites is 1. The number of anilines is 1. The number of carboxylic acids is 1. The van der Waals surface area contributed by atoms with E-state index in [2.05, 4.69) is 11.8 Å². The predicted molar refractivity (Wildman–Crippen MR) is 73.6 cm³/mol. The summed E-state index contributed by atoms with van der Waals surface area (Å²) in [7, 11) is 0. The first-order valence-electron chi connectivity index (χ1n) is 6.40. The minimum Gasteiger partial charge on any atom is -0.478 e. The molecule has 0 bridgehead atoms. The third kappa shape index (κ3) is 2.96. The molecule has 1 aromatic carbocycles. The number of aromatic carboxylic acids is 1. The minimum atomic E-state index is -0.913. The van der Waals surface area contributed by atoms with Gasteiger partial charge < -0.3 is 10.0 Å². The van der Waals surface area contributed by atoms with Gasteiger partial charge in [-0.3, -0.25) is 0 Å². The van der Waals surface area contributed by atoms with E-state index < -0.39 is 5.97 Å². The Hall–Kier alpha value is -1.22. The molecule has 0 heterocycles. The summed E-state index contributed by atoms with van der Waals surface area (Å²) < 4.78 is 0. The predicted octanol–water partition coefficient (Wildman–Crippen LogP) is 3.66. The molecule has 0 unspecified atom stereocenters. The molecule has 0 aromatic heterocycles. The van der Waals surface area contributed by atoms with E-state index in [-0.39, 0.29) is 0 Å². The van der Waals surface area contributed by atoms with E-state index in [0.717, 1.165) is 19.5 Å². The van der Waals surface area contributed by atoms with Crippen molar-refractivity contribution in [3.8, 4) is 0 Å². The van der Waals surface area contributed by atoms with Gasteiger partial charge in [0.15, 0.2) is 0 Å². The van der Waals surface area contributed by atoms with Crippen molar-refractivity contribution in [1.82, 2.24) is 0 Å². The van der Waals surface area contributed by atoms with Gasteiger partial charge in [-0.1, -0.05) is 24.6 Å². The fourth-order valence-corrected chi connectivity index (χ4v) is 2.48. The average Bonchev–Trinajstić information content (AvgIpc) is 3.12. The maximum atomic E-state index is 11.3. The molecule has 4 heteroatoms. The highest BCUT2D eigenvalue weighted by molar-refractivity contribution is 6.34. The molecule has 0 saturated heterocycles. The van der Waals surface area contributed by atoms with Gasteiger partial charge in [-0.2, -0.15) is 0 Å². The zero-order valence-electron chi connectivity index (χ0n) is 10.5. The number of benzene rings is 1. The third-order valence-corrected chi connectivity index (χ3v) is 3.51. The first kappa shape index (κ1) is 13.2. The van der Waals surface area contributed by atoms with Gasteiger partial charge in [0.25, 0.3) is 0 Å². The number of carbonyl (C=O) groups is 1. The normalized spacial score (nSPS) is 14.6. The Morgan fingerprint density at radius 3 is 2.78 bits per heavy atom. The molecule has 0 amide bonds. The fraction of sp³-hybridized carbons (Fsp3) is 0.500. The molecule has 18 heavy (non-hydrogen) atoms. The molecular weight excluding hydrogens is 250 g/mol. The molecule has 98 valence electrons. The molecule has 0 atom stereocenters. The van der Waals surface area contributed by atoms with E-state index in [1.807, 2.05) is 0 Å². The topological polar surface area (TPSA) is 40.5 Å². The smallest absolute Gasteiger partial charge is 0.337 e. The van der Waals surface area contributed by atoms with E-state index in [4.69, 9.17) is 11.6 Å². The van der Waals surface area contributed by atoms with Gasteiger partial charge in [-0.15, -0.1) is 0 Å². The van der Waals surface area contributed by atoms with Crippen LogP contribution in [0.15, 0.2) is 18.2 Å². The molecule has 1 aliphatic carbocycles. The second-order valence-electron chi connectivity index (χ2n) is 4.83. The van der Waals surface area contributed by atoms with Crippen LogP contribution in [0.2, 0.25) is 5.02 Å². The van der Waals surface area contributed by atoms with Crippen LogP contribution in [0.5, 0.6) is 0 Å². The number of hydrogen-bond acceptors (Lipinski definition) is 2. The van der Waals surface area contributed by atoms with Crippen LogP contribution in [-0.4, -0.2) is 24.2 Å². The van der Waals surface area contributed by atoms with Crippen molar-refractivity contribution in [2.45, 2.75) is 26.2 Å². The lowest BCUT2D eigenvalue weighted by Gasteiger charge is -2.26. The molecule has 1 saturated carbocycles. The van der Waals surface area contributed by atoms with Crippen LogP contribution in [0.4, 0.5) is 5.69 Å². The largest absolute Gasteiger partial charge is 0.478 e. The number of hydrogen-bond donors (Lipinski definition) is 1. The van der Waals surface area contributed by atoms with E-state index in [0.29, 0.717) is 22.2 Å². The summed E-state index contributed by atoms with van der Waals surface area (Å²) in [5, 5.41) is 9.80. The minimum absolute atomic E-state index is 0.302. The van der Waals surface area contributed by atoms with Crippen molar-refractivity contribution < 1.29 is 9.90 Å². The Morgan fingerprint density at radius 2 is 2.22 bits per heavy atom. The zero-order chi connectivity index (χ0) is 13.1. The highest BCUT2D eigenvalue weighted by atomic mass is 35.5. The molecule has 2 rings (SSSR count). The second kappa shape index (κ2) is 5.61. The van der Waals surface area contributed by atoms with Crippen LogP contribution >= 0.6 is 11.6 Å². The van der Waals surface area contributed by atoms with Crippen LogP contribution in [0, 0.1) is 5.92 Å². The van der Waals surface area contributed by atoms with Gasteiger partial charge in [0.05, 0.1) is 16.3 Å². The molecule has 0 aliphatic heterocycles. The van der Waals surface area contributed by atoms with Crippen molar-refractivity contribution in [3.63, 3.8) is 0 Å². The van der Waals surface area contributed by atoms with Gasteiger partial charge in [0.1, 0.15) is 0 Å². The van der Waals surface area contributed by atoms with E-state index >= 15 is 0 Å². The van der Waals surface area contributed by atoms with Gasteiger partial charge in [-0.05, 0) is 37.3 Å². The lowest BCUT2D eigenvalue weighted by atomic mass is 10.1. The van der Waals surface area contributed by atoms with Gasteiger partial charge in [-0.25, -0.2) is 4.79 Å². The Balaban J connectivity index is 2.34. The second-order valence-corrected chi connectivity index (χ2v) is 5.24. The Morgan fingerprint density at radius 1 is 1.50 bits per heavy atom. The van der Waals surface area contributed by atoms with Crippen molar-refractivity contribution in [1.29, 1.82) is 0 Å². The molecule has 3 nitrogen and oxygen atoms in total. The highest BCUT2D eigenvalue weighted by Crippen LogP contribution is 2.35. The Kier molecular flexibility index (Phi) is 4.12. The lowest BCUT2D eigenvalue weighted by molar-refractivity contribution is 0.0697. The summed E-state index contributed by atoms with van der Waals surface area (Å²) in [5.41, 5.74) is 0.983. The molecule has 1 fully saturated rings. The fourth-order valence-electron chi connectivity index (χ4n) is 2.19. The van der Waals surface area contributed by atoms with Crippen LogP contribution in [0.1, 0.15) is 36.5 Å². The standard InChI is InChI=1S/C14H18ClNO2/c1-2-8-16(9-10-6-7-10)13-11(14(17)18)4-3-5-12(13)15/h3-5,10H,2,6-9H2,1H3,(H,17,18). The Bertz CT molecular complexity index is 443. The highest BCUT2D eigenvalue weighted by Gasteiger charge is 2.27. The maximum Gasteiger partial charge on any atom is 0.337 e. The van der Waals surface area contributed by atoms with Crippen molar-refractivity contribution in [2.75, 3.05) is 18.0 Å². The number of halogens is 1. The van der Waals surface area contributed by atoms with E-state index in [1.165, 1.54) is 12.8 Å². The first-order valence-corrected chi connectivity index (χ1v) is 6.78. The van der Waals surface area contributed by atoms with E-state index in [1.54, 1.807) is 18.2 Å².